The molecule has 3 rings (SSSR count). The van der Waals surface area contributed by atoms with Crippen molar-refractivity contribution in [1.82, 2.24) is 0 Å². The summed E-state index contributed by atoms with van der Waals surface area (Å²) < 4.78 is 6.14. The van der Waals surface area contributed by atoms with E-state index in [1.54, 1.807) is 0 Å². The second-order valence-electron chi connectivity index (χ2n) is 10.5. The van der Waals surface area contributed by atoms with Gasteiger partial charge in [-0.2, -0.15) is 0 Å². The van der Waals surface area contributed by atoms with Crippen molar-refractivity contribution < 1.29 is 20.1 Å². The first-order chi connectivity index (χ1) is 14.1. The van der Waals surface area contributed by atoms with E-state index in [4.69, 9.17) is 4.74 Å². The topological polar surface area (TPSA) is 69.9 Å². The van der Waals surface area contributed by atoms with E-state index in [-0.39, 0.29) is 17.4 Å². The van der Waals surface area contributed by atoms with Gasteiger partial charge >= 0.3 is 0 Å². The highest BCUT2D eigenvalue weighted by molar-refractivity contribution is 5.38. The Morgan fingerprint density at radius 2 is 1.93 bits per heavy atom. The smallest absolute Gasteiger partial charge is 0.0811 e. The minimum Gasteiger partial charge on any atom is -0.393 e. The zero-order chi connectivity index (χ0) is 22.1. The molecule has 0 heterocycles. The molecule has 4 heteroatoms. The van der Waals surface area contributed by atoms with E-state index in [2.05, 4.69) is 32.6 Å². The average Bonchev–Trinajstić information content (AvgIpc) is 3.04. The lowest BCUT2D eigenvalue weighted by Gasteiger charge is -2.44. The van der Waals surface area contributed by atoms with Gasteiger partial charge < -0.3 is 20.1 Å². The Labute approximate surface area is 182 Å². The minimum atomic E-state index is -0.634. The summed E-state index contributed by atoms with van der Waals surface area (Å²) >= 11 is 0. The third-order valence-corrected chi connectivity index (χ3v) is 8.17. The van der Waals surface area contributed by atoms with Gasteiger partial charge in [0, 0.05) is 6.42 Å². The van der Waals surface area contributed by atoms with Crippen molar-refractivity contribution in [2.75, 3.05) is 6.61 Å². The highest BCUT2D eigenvalue weighted by atomic mass is 16.5. The van der Waals surface area contributed by atoms with Crippen LogP contribution >= 0.6 is 0 Å². The standard InChI is InChI=1S/C26H42O4/c1-16(2)25(29)15-30-18(4)22-10-11-23-19(7-6-12-26(22,23)5)8-9-20-13-21(27)14-24(28)17(20)3/h8-9,16,18,21-25,27-29H,3,6-7,10-15H2,1-2,4-5H3/b19-8+,20-9-/t18-,21+,22+,23-,24-,25+,26+/m0/s1. The van der Waals surface area contributed by atoms with Crippen LogP contribution in [0.2, 0.25) is 0 Å². The van der Waals surface area contributed by atoms with Gasteiger partial charge in [0.25, 0.3) is 0 Å². The molecule has 0 aromatic heterocycles. The van der Waals surface area contributed by atoms with Gasteiger partial charge in [0.15, 0.2) is 0 Å². The fourth-order valence-corrected chi connectivity index (χ4v) is 6.07. The van der Waals surface area contributed by atoms with E-state index in [1.165, 1.54) is 24.8 Å². The maximum atomic E-state index is 10.1. The van der Waals surface area contributed by atoms with Crippen LogP contribution in [-0.2, 0) is 4.74 Å². The molecule has 3 aliphatic rings. The number of allylic oxidation sites excluding steroid dienone is 3. The lowest BCUT2D eigenvalue weighted by molar-refractivity contribution is -0.0651. The maximum absolute atomic E-state index is 10.1. The molecule has 0 aliphatic heterocycles. The first-order valence-corrected chi connectivity index (χ1v) is 11.9. The van der Waals surface area contributed by atoms with E-state index < -0.39 is 18.3 Å². The molecule has 0 aromatic rings. The van der Waals surface area contributed by atoms with Crippen molar-refractivity contribution in [3.05, 3.63) is 35.5 Å². The molecule has 30 heavy (non-hydrogen) atoms. The summed E-state index contributed by atoms with van der Waals surface area (Å²) in [5.74, 6) is 1.28. The normalized spacial score (nSPS) is 39.5. The quantitative estimate of drug-likeness (QED) is 0.592. The molecule has 3 saturated carbocycles. The summed E-state index contributed by atoms with van der Waals surface area (Å²) in [5, 5.41) is 30.3. The molecule has 0 saturated heterocycles. The van der Waals surface area contributed by atoms with Gasteiger partial charge in [-0.1, -0.05) is 45.1 Å². The van der Waals surface area contributed by atoms with Crippen molar-refractivity contribution in [2.45, 2.75) is 97.1 Å². The van der Waals surface area contributed by atoms with Gasteiger partial charge in [-0.15, -0.1) is 0 Å². The second kappa shape index (κ2) is 9.68. The average molecular weight is 419 g/mol. The van der Waals surface area contributed by atoms with E-state index in [9.17, 15) is 15.3 Å². The highest BCUT2D eigenvalue weighted by Gasteiger charge is 2.51. The molecule has 3 fully saturated rings. The SMILES string of the molecule is C=C1/C(=C\C=C2/CCC[C@]3(C)[C@@H]([C@H](C)OC[C@@H](O)C(C)C)CC[C@@H]23)C[C@@H](O)C[C@@H]1O. The number of fused-ring (bicyclic) bond motifs is 1. The number of aliphatic hydroxyl groups excluding tert-OH is 3. The van der Waals surface area contributed by atoms with Gasteiger partial charge in [-0.3, -0.25) is 0 Å². The van der Waals surface area contributed by atoms with Crippen LogP contribution in [-0.4, -0.2) is 46.3 Å². The fourth-order valence-electron chi connectivity index (χ4n) is 6.07. The third-order valence-electron chi connectivity index (χ3n) is 8.17. The molecule has 3 N–H and O–H groups in total. The van der Waals surface area contributed by atoms with E-state index in [0.29, 0.717) is 31.3 Å². The summed E-state index contributed by atoms with van der Waals surface area (Å²) in [6, 6.07) is 0. The molecule has 3 aliphatic carbocycles. The molecule has 0 spiro atoms. The molecule has 0 amide bonds. The van der Waals surface area contributed by atoms with Crippen molar-refractivity contribution in [3.63, 3.8) is 0 Å². The zero-order valence-electron chi connectivity index (χ0n) is 19.3. The Kier molecular flexibility index (Phi) is 7.66. The van der Waals surface area contributed by atoms with Crippen LogP contribution < -0.4 is 0 Å². The van der Waals surface area contributed by atoms with Gasteiger partial charge in [0.2, 0.25) is 0 Å². The predicted molar refractivity (Wildman–Crippen MR) is 121 cm³/mol. The van der Waals surface area contributed by atoms with E-state index in [0.717, 1.165) is 24.0 Å². The molecule has 0 unspecified atom stereocenters. The van der Waals surface area contributed by atoms with Crippen LogP contribution in [0.3, 0.4) is 0 Å². The number of rotatable bonds is 6. The largest absolute Gasteiger partial charge is 0.393 e. The second-order valence-corrected chi connectivity index (χ2v) is 10.5. The lowest BCUT2D eigenvalue weighted by Crippen LogP contribution is -2.39. The van der Waals surface area contributed by atoms with Crippen LogP contribution in [0.1, 0.15) is 72.6 Å². The Morgan fingerprint density at radius 1 is 1.20 bits per heavy atom. The molecule has 0 radical (unpaired) electrons. The summed E-state index contributed by atoms with van der Waals surface area (Å²) in [7, 11) is 0. The van der Waals surface area contributed by atoms with Gasteiger partial charge in [0.1, 0.15) is 0 Å². The Balaban J connectivity index is 1.72. The van der Waals surface area contributed by atoms with Crippen LogP contribution in [0.15, 0.2) is 35.5 Å². The molecule has 0 aromatic carbocycles. The third kappa shape index (κ3) is 4.93. The number of hydrogen-bond acceptors (Lipinski definition) is 4. The number of hydrogen-bond donors (Lipinski definition) is 3. The molecule has 0 bridgehead atoms. The Hall–Kier alpha value is -0.940. The lowest BCUT2D eigenvalue weighted by atomic mass is 9.62. The van der Waals surface area contributed by atoms with Crippen LogP contribution in [0, 0.1) is 23.2 Å². The summed E-state index contributed by atoms with van der Waals surface area (Å²) in [4.78, 5) is 0. The van der Waals surface area contributed by atoms with Crippen molar-refractivity contribution in [3.8, 4) is 0 Å². The fraction of sp³-hybridized carbons (Fsp3) is 0.769. The van der Waals surface area contributed by atoms with E-state index in [1.807, 2.05) is 13.8 Å². The summed E-state index contributed by atoms with van der Waals surface area (Å²) in [6.07, 6.45) is 9.82. The van der Waals surface area contributed by atoms with Gasteiger partial charge in [-0.25, -0.2) is 0 Å². The van der Waals surface area contributed by atoms with E-state index >= 15 is 0 Å². The molecule has 170 valence electrons. The van der Waals surface area contributed by atoms with Crippen molar-refractivity contribution in [2.24, 2.45) is 23.2 Å². The Morgan fingerprint density at radius 3 is 2.63 bits per heavy atom. The monoisotopic (exact) mass is 418 g/mol. The van der Waals surface area contributed by atoms with Crippen LogP contribution in [0.4, 0.5) is 0 Å². The van der Waals surface area contributed by atoms with Crippen LogP contribution in [0.5, 0.6) is 0 Å². The summed E-state index contributed by atoms with van der Waals surface area (Å²) in [5.41, 5.74) is 3.46. The molecule has 4 nitrogen and oxygen atoms in total. The number of aliphatic hydroxyl groups is 3. The molecular weight excluding hydrogens is 376 g/mol. The van der Waals surface area contributed by atoms with Crippen molar-refractivity contribution in [1.29, 1.82) is 0 Å². The zero-order valence-corrected chi connectivity index (χ0v) is 19.3. The first kappa shape index (κ1) is 23.7. The predicted octanol–water partition coefficient (Wildman–Crippen LogP) is 4.55. The number of ether oxygens (including phenoxy) is 1. The molecular formula is C26H42O4. The maximum Gasteiger partial charge on any atom is 0.0811 e. The Bertz CT molecular complexity index is 679. The van der Waals surface area contributed by atoms with Crippen LogP contribution in [0.25, 0.3) is 0 Å². The molecule has 7 atom stereocenters. The van der Waals surface area contributed by atoms with Crippen molar-refractivity contribution >= 4 is 0 Å². The first-order valence-electron chi connectivity index (χ1n) is 11.9. The highest BCUT2D eigenvalue weighted by Crippen LogP contribution is 2.58. The summed E-state index contributed by atoms with van der Waals surface area (Å²) in [6.45, 7) is 13.1. The minimum absolute atomic E-state index is 0.148. The van der Waals surface area contributed by atoms with Gasteiger partial charge in [0.05, 0.1) is 31.0 Å². The van der Waals surface area contributed by atoms with Gasteiger partial charge in [-0.05, 0) is 79.8 Å².